The van der Waals surface area contributed by atoms with E-state index in [1.54, 1.807) is 36.3 Å². The third-order valence-electron chi connectivity index (χ3n) is 5.66. The first-order valence-corrected chi connectivity index (χ1v) is 10.6. The number of benzene rings is 2. The molecule has 3 aromatic rings. The number of hydrogen-bond donors (Lipinski definition) is 0. The molecule has 33 heavy (non-hydrogen) atoms. The molecule has 0 unspecified atom stereocenters. The van der Waals surface area contributed by atoms with E-state index >= 15 is 0 Å². The Morgan fingerprint density at radius 2 is 1.76 bits per heavy atom. The van der Waals surface area contributed by atoms with Crippen molar-refractivity contribution in [2.75, 3.05) is 20.2 Å². The van der Waals surface area contributed by atoms with Crippen LogP contribution >= 0.6 is 0 Å². The molecule has 0 atom stereocenters. The molecule has 6 nitrogen and oxygen atoms in total. The largest absolute Gasteiger partial charge is 0.493 e. The van der Waals surface area contributed by atoms with Crippen molar-refractivity contribution in [2.24, 2.45) is 5.92 Å². The van der Waals surface area contributed by atoms with E-state index < -0.39 is 23.3 Å². The van der Waals surface area contributed by atoms with Crippen LogP contribution in [0.3, 0.4) is 0 Å². The summed E-state index contributed by atoms with van der Waals surface area (Å²) in [6.07, 6.45) is 0.732. The second-order valence-electron chi connectivity index (χ2n) is 7.76. The molecule has 0 N–H and O–H groups in total. The molecule has 1 saturated heterocycles. The number of ketones is 1. The van der Waals surface area contributed by atoms with E-state index in [1.165, 1.54) is 0 Å². The fourth-order valence-corrected chi connectivity index (χ4v) is 3.86. The van der Waals surface area contributed by atoms with Gasteiger partial charge in [-0.05, 0) is 55.3 Å². The van der Waals surface area contributed by atoms with E-state index in [-0.39, 0.29) is 23.8 Å². The maximum atomic E-state index is 13.9. The number of furan rings is 1. The van der Waals surface area contributed by atoms with Crippen molar-refractivity contribution in [3.05, 3.63) is 83.3 Å². The number of nitrogens with zero attached hydrogens (tertiary/aromatic N) is 1. The number of methoxy groups -OCH3 is 1. The average molecular weight is 455 g/mol. The van der Waals surface area contributed by atoms with Crippen LogP contribution in [-0.2, 0) is 6.61 Å². The van der Waals surface area contributed by atoms with Gasteiger partial charge < -0.3 is 18.8 Å². The molecule has 172 valence electrons. The number of Topliss-reactive ketones (excluding diaryl/α,β-unsaturated/α-hetero) is 1. The van der Waals surface area contributed by atoms with Crippen molar-refractivity contribution in [2.45, 2.75) is 19.4 Å². The Labute approximate surface area is 189 Å². The van der Waals surface area contributed by atoms with Crippen LogP contribution in [0, 0.1) is 17.6 Å². The summed E-state index contributed by atoms with van der Waals surface area (Å²) in [7, 11) is 1.55. The maximum absolute atomic E-state index is 13.9. The van der Waals surface area contributed by atoms with Crippen LogP contribution in [0.4, 0.5) is 8.78 Å². The summed E-state index contributed by atoms with van der Waals surface area (Å²) in [6.45, 7) is 0.767. The zero-order valence-corrected chi connectivity index (χ0v) is 18.1. The molecule has 4 rings (SSSR count). The van der Waals surface area contributed by atoms with Gasteiger partial charge in [-0.2, -0.15) is 0 Å². The molecule has 2 heterocycles. The van der Waals surface area contributed by atoms with Crippen molar-refractivity contribution in [1.29, 1.82) is 0 Å². The molecule has 8 heteroatoms. The average Bonchev–Trinajstić information content (AvgIpc) is 3.32. The molecule has 1 fully saturated rings. The van der Waals surface area contributed by atoms with E-state index in [4.69, 9.17) is 13.9 Å². The van der Waals surface area contributed by atoms with Gasteiger partial charge in [0.05, 0.1) is 12.7 Å². The van der Waals surface area contributed by atoms with E-state index in [9.17, 15) is 18.4 Å². The van der Waals surface area contributed by atoms with Crippen molar-refractivity contribution in [3.63, 3.8) is 0 Å². The van der Waals surface area contributed by atoms with Crippen LogP contribution in [0.2, 0.25) is 0 Å². The van der Waals surface area contributed by atoms with Crippen LogP contribution in [0.25, 0.3) is 0 Å². The Hall–Kier alpha value is -3.68. The van der Waals surface area contributed by atoms with Crippen molar-refractivity contribution >= 4 is 11.7 Å². The lowest BCUT2D eigenvalue weighted by atomic mass is 9.88. The Morgan fingerprint density at radius 1 is 1.03 bits per heavy atom. The number of ether oxygens (including phenoxy) is 2. The Morgan fingerprint density at radius 3 is 2.48 bits per heavy atom. The van der Waals surface area contributed by atoms with Gasteiger partial charge in [0.25, 0.3) is 5.91 Å². The van der Waals surface area contributed by atoms with Gasteiger partial charge in [0.2, 0.25) is 0 Å². The number of halogens is 2. The van der Waals surface area contributed by atoms with Gasteiger partial charge in [-0.1, -0.05) is 12.1 Å². The van der Waals surface area contributed by atoms with E-state index in [0.29, 0.717) is 43.2 Å². The van der Waals surface area contributed by atoms with E-state index in [2.05, 4.69) is 0 Å². The zero-order valence-electron chi connectivity index (χ0n) is 18.1. The molecular weight excluding hydrogens is 432 g/mol. The van der Waals surface area contributed by atoms with Gasteiger partial charge >= 0.3 is 0 Å². The van der Waals surface area contributed by atoms with Crippen LogP contribution in [0.1, 0.15) is 39.5 Å². The fourth-order valence-electron chi connectivity index (χ4n) is 3.86. The highest BCUT2D eigenvalue weighted by molar-refractivity contribution is 5.98. The van der Waals surface area contributed by atoms with Crippen molar-refractivity contribution in [1.82, 2.24) is 4.90 Å². The molecule has 1 amide bonds. The number of amides is 1. The number of piperidine rings is 1. The fraction of sp³-hybridized carbons (Fsp3) is 0.280. The SMILES string of the molecule is COc1ccccc1OCc1ccc(C(=O)N2CCC(C(=O)c3cc(F)ccc3F)CC2)o1. The van der Waals surface area contributed by atoms with Crippen LogP contribution in [-0.4, -0.2) is 36.8 Å². The summed E-state index contributed by atoms with van der Waals surface area (Å²) >= 11 is 0. The van der Waals surface area contributed by atoms with Gasteiger partial charge in [-0.25, -0.2) is 8.78 Å². The first kappa shape index (κ1) is 22.5. The molecule has 0 spiro atoms. The molecule has 1 aliphatic rings. The highest BCUT2D eigenvalue weighted by atomic mass is 19.1. The number of rotatable bonds is 7. The molecule has 1 aliphatic heterocycles. The lowest BCUT2D eigenvalue weighted by Crippen LogP contribution is -2.40. The molecule has 0 aliphatic carbocycles. The molecule has 0 bridgehead atoms. The van der Waals surface area contributed by atoms with Crippen LogP contribution in [0.15, 0.2) is 59.0 Å². The Bertz CT molecular complexity index is 1150. The molecule has 2 aromatic carbocycles. The topological polar surface area (TPSA) is 69.0 Å². The summed E-state index contributed by atoms with van der Waals surface area (Å²) in [5, 5.41) is 0. The smallest absolute Gasteiger partial charge is 0.289 e. The molecule has 0 radical (unpaired) electrons. The van der Waals surface area contributed by atoms with Gasteiger partial charge in [0.15, 0.2) is 23.0 Å². The minimum absolute atomic E-state index is 0.128. The van der Waals surface area contributed by atoms with Gasteiger partial charge in [0.1, 0.15) is 24.0 Å². The second kappa shape index (κ2) is 9.85. The lowest BCUT2D eigenvalue weighted by Gasteiger charge is -2.30. The normalized spacial score (nSPS) is 14.2. The highest BCUT2D eigenvalue weighted by Crippen LogP contribution is 2.28. The first-order valence-electron chi connectivity index (χ1n) is 10.6. The van der Waals surface area contributed by atoms with Gasteiger partial charge in [-0.3, -0.25) is 9.59 Å². The Kier molecular flexibility index (Phi) is 6.72. The van der Waals surface area contributed by atoms with Crippen LogP contribution in [0.5, 0.6) is 11.5 Å². The zero-order chi connectivity index (χ0) is 23.4. The molecular formula is C25H23F2NO5. The molecule has 1 aromatic heterocycles. The standard InChI is InChI=1S/C25H23F2NO5/c1-31-21-4-2-3-5-22(21)32-15-18-7-9-23(33-18)25(30)28-12-10-16(11-13-28)24(29)19-14-17(26)6-8-20(19)27/h2-9,14,16H,10-13,15H2,1H3. The second-order valence-corrected chi connectivity index (χ2v) is 7.76. The van der Waals surface area contributed by atoms with Crippen LogP contribution < -0.4 is 9.47 Å². The summed E-state index contributed by atoms with van der Waals surface area (Å²) in [6, 6.07) is 13.3. The third kappa shape index (κ3) is 5.05. The predicted molar refractivity (Wildman–Crippen MR) is 115 cm³/mol. The minimum Gasteiger partial charge on any atom is -0.493 e. The first-order chi connectivity index (χ1) is 16.0. The third-order valence-corrected chi connectivity index (χ3v) is 5.66. The van der Waals surface area contributed by atoms with Gasteiger partial charge in [-0.15, -0.1) is 0 Å². The van der Waals surface area contributed by atoms with E-state index in [1.807, 2.05) is 12.1 Å². The van der Waals surface area contributed by atoms with Crippen molar-refractivity contribution < 1.29 is 32.3 Å². The Balaban J connectivity index is 1.33. The summed E-state index contributed by atoms with van der Waals surface area (Å²) in [5.41, 5.74) is -0.245. The number of hydrogen-bond acceptors (Lipinski definition) is 5. The monoisotopic (exact) mass is 455 g/mol. The van der Waals surface area contributed by atoms with E-state index in [0.717, 1.165) is 18.2 Å². The molecule has 0 saturated carbocycles. The summed E-state index contributed by atoms with van der Waals surface area (Å²) in [5.74, 6) is -0.776. The lowest BCUT2D eigenvalue weighted by molar-refractivity contribution is 0.0620. The highest BCUT2D eigenvalue weighted by Gasteiger charge is 2.30. The maximum Gasteiger partial charge on any atom is 0.289 e. The predicted octanol–water partition coefficient (Wildman–Crippen LogP) is 4.88. The van der Waals surface area contributed by atoms with Crippen molar-refractivity contribution in [3.8, 4) is 11.5 Å². The summed E-state index contributed by atoms with van der Waals surface area (Å²) < 4.78 is 44.0. The minimum atomic E-state index is -0.738. The summed E-state index contributed by atoms with van der Waals surface area (Å²) in [4.78, 5) is 27.0. The quantitative estimate of drug-likeness (QED) is 0.475. The number of carbonyl (C=O) groups excluding carboxylic acids is 2. The van der Waals surface area contributed by atoms with Gasteiger partial charge in [0, 0.05) is 19.0 Å². The number of para-hydroxylation sites is 2. The number of likely N-dealkylation sites (tertiary alicyclic amines) is 1. The number of carbonyl (C=O) groups is 2.